The molecule has 0 saturated carbocycles. The predicted octanol–water partition coefficient (Wildman–Crippen LogP) is 1.57. The van der Waals surface area contributed by atoms with Crippen molar-refractivity contribution in [2.75, 3.05) is 20.2 Å². The Hall–Kier alpha value is -1.26. The van der Waals surface area contributed by atoms with Gasteiger partial charge in [0.05, 0.1) is 13.2 Å². The summed E-state index contributed by atoms with van der Waals surface area (Å²) in [5.41, 5.74) is 0.917. The number of carbonyl (C=O) groups is 1. The molecule has 0 aliphatic heterocycles. The normalized spacial score (nSPS) is 10.1. The van der Waals surface area contributed by atoms with Crippen molar-refractivity contribution in [1.82, 2.24) is 10.6 Å². The van der Waals surface area contributed by atoms with Crippen LogP contribution in [0.3, 0.4) is 0 Å². The minimum absolute atomic E-state index is 0.0510. The van der Waals surface area contributed by atoms with E-state index >= 15 is 0 Å². The fraction of sp³-hybridized carbons (Fsp3) is 0.417. The van der Waals surface area contributed by atoms with Gasteiger partial charge in [-0.25, -0.2) is 0 Å². The van der Waals surface area contributed by atoms with E-state index in [1.807, 2.05) is 13.0 Å². The zero-order valence-electron chi connectivity index (χ0n) is 10.0. The van der Waals surface area contributed by atoms with Crippen LogP contribution < -0.4 is 15.4 Å². The summed E-state index contributed by atoms with van der Waals surface area (Å²) in [6.45, 7) is 3.21. The zero-order valence-corrected chi connectivity index (χ0v) is 10.8. The molecule has 5 heteroatoms. The van der Waals surface area contributed by atoms with Crippen LogP contribution in [-0.2, 0) is 11.3 Å². The number of rotatable bonds is 6. The van der Waals surface area contributed by atoms with Gasteiger partial charge < -0.3 is 15.4 Å². The fourth-order valence-electron chi connectivity index (χ4n) is 1.38. The van der Waals surface area contributed by atoms with E-state index in [0.717, 1.165) is 5.56 Å². The SMILES string of the molecule is CCOc1cc(Cl)ccc1CNC(=O)CNC. The standard InChI is InChI=1S/C12H17ClN2O2/c1-3-17-11-6-10(13)5-4-9(11)7-15-12(16)8-14-2/h4-6,14H,3,7-8H2,1-2H3,(H,15,16). The third-order valence-electron chi connectivity index (χ3n) is 2.14. The molecule has 1 aromatic carbocycles. The number of halogens is 1. The molecular formula is C12H17ClN2O2. The Balaban J connectivity index is 2.66. The van der Waals surface area contributed by atoms with Crippen molar-refractivity contribution < 1.29 is 9.53 Å². The van der Waals surface area contributed by atoms with E-state index < -0.39 is 0 Å². The van der Waals surface area contributed by atoms with Crippen LogP contribution in [0.1, 0.15) is 12.5 Å². The zero-order chi connectivity index (χ0) is 12.7. The minimum Gasteiger partial charge on any atom is -0.493 e. The number of hydrogen-bond acceptors (Lipinski definition) is 3. The number of hydrogen-bond donors (Lipinski definition) is 2. The third kappa shape index (κ3) is 4.63. The molecule has 94 valence electrons. The molecule has 0 atom stereocenters. The monoisotopic (exact) mass is 256 g/mol. The second-order valence-electron chi connectivity index (χ2n) is 3.49. The molecule has 0 heterocycles. The van der Waals surface area contributed by atoms with Gasteiger partial charge in [0, 0.05) is 17.1 Å². The summed E-state index contributed by atoms with van der Waals surface area (Å²) >= 11 is 5.89. The van der Waals surface area contributed by atoms with Gasteiger partial charge in [0.1, 0.15) is 5.75 Å². The summed E-state index contributed by atoms with van der Waals surface area (Å²) < 4.78 is 5.46. The third-order valence-corrected chi connectivity index (χ3v) is 2.38. The highest BCUT2D eigenvalue weighted by molar-refractivity contribution is 6.30. The van der Waals surface area contributed by atoms with Gasteiger partial charge in [0.15, 0.2) is 0 Å². The molecular weight excluding hydrogens is 240 g/mol. The van der Waals surface area contributed by atoms with Gasteiger partial charge in [-0.05, 0) is 26.1 Å². The maximum Gasteiger partial charge on any atom is 0.234 e. The lowest BCUT2D eigenvalue weighted by Crippen LogP contribution is -2.31. The Morgan fingerprint density at radius 2 is 2.24 bits per heavy atom. The molecule has 0 aromatic heterocycles. The van der Waals surface area contributed by atoms with E-state index in [0.29, 0.717) is 30.5 Å². The Kier molecular flexibility index (Phi) is 5.80. The number of likely N-dealkylation sites (N-methyl/N-ethyl adjacent to an activating group) is 1. The van der Waals surface area contributed by atoms with Gasteiger partial charge in [-0.3, -0.25) is 4.79 Å². The summed E-state index contributed by atoms with van der Waals surface area (Å²) in [5, 5.41) is 6.21. The summed E-state index contributed by atoms with van der Waals surface area (Å²) in [6.07, 6.45) is 0. The lowest BCUT2D eigenvalue weighted by molar-refractivity contribution is -0.120. The van der Waals surface area contributed by atoms with Crippen molar-refractivity contribution in [3.63, 3.8) is 0 Å². The summed E-state index contributed by atoms with van der Waals surface area (Å²) in [6, 6.07) is 5.39. The molecule has 0 saturated heterocycles. The van der Waals surface area contributed by atoms with Gasteiger partial charge in [-0.2, -0.15) is 0 Å². The van der Waals surface area contributed by atoms with Crippen LogP contribution in [0.5, 0.6) is 5.75 Å². The van der Waals surface area contributed by atoms with Crippen LogP contribution in [0, 0.1) is 0 Å². The first-order valence-corrected chi connectivity index (χ1v) is 5.87. The van der Waals surface area contributed by atoms with E-state index in [4.69, 9.17) is 16.3 Å². The van der Waals surface area contributed by atoms with E-state index in [2.05, 4.69) is 10.6 Å². The molecule has 4 nitrogen and oxygen atoms in total. The van der Waals surface area contributed by atoms with Gasteiger partial charge in [-0.1, -0.05) is 17.7 Å². The quantitative estimate of drug-likeness (QED) is 0.813. The number of ether oxygens (including phenoxy) is 1. The number of nitrogens with one attached hydrogen (secondary N) is 2. The van der Waals surface area contributed by atoms with Gasteiger partial charge in [0.25, 0.3) is 0 Å². The molecule has 1 rings (SSSR count). The molecule has 0 unspecified atom stereocenters. The highest BCUT2D eigenvalue weighted by Gasteiger charge is 2.06. The summed E-state index contributed by atoms with van der Waals surface area (Å²) in [7, 11) is 1.73. The van der Waals surface area contributed by atoms with Crippen molar-refractivity contribution in [3.05, 3.63) is 28.8 Å². The second-order valence-corrected chi connectivity index (χ2v) is 3.93. The van der Waals surface area contributed by atoms with Gasteiger partial charge in [0.2, 0.25) is 5.91 Å². The lowest BCUT2D eigenvalue weighted by Gasteiger charge is -2.11. The summed E-state index contributed by atoms with van der Waals surface area (Å²) in [5.74, 6) is 0.662. The van der Waals surface area contributed by atoms with Crippen LogP contribution in [0.15, 0.2) is 18.2 Å². The first-order chi connectivity index (χ1) is 8.17. The number of carbonyl (C=O) groups excluding carboxylic acids is 1. The van der Waals surface area contributed by atoms with E-state index in [9.17, 15) is 4.79 Å². The van der Waals surface area contributed by atoms with Crippen molar-refractivity contribution >= 4 is 17.5 Å². The molecule has 1 amide bonds. The topological polar surface area (TPSA) is 50.4 Å². The number of amides is 1. The van der Waals surface area contributed by atoms with Crippen molar-refractivity contribution in [3.8, 4) is 5.75 Å². The Bertz CT molecular complexity index is 383. The van der Waals surface area contributed by atoms with E-state index in [-0.39, 0.29) is 5.91 Å². The van der Waals surface area contributed by atoms with Crippen molar-refractivity contribution in [1.29, 1.82) is 0 Å². The van der Waals surface area contributed by atoms with Crippen molar-refractivity contribution in [2.45, 2.75) is 13.5 Å². The molecule has 0 aliphatic rings. The van der Waals surface area contributed by atoms with Crippen LogP contribution in [0.4, 0.5) is 0 Å². The average Bonchev–Trinajstić information content (AvgIpc) is 2.29. The Morgan fingerprint density at radius 3 is 2.88 bits per heavy atom. The minimum atomic E-state index is -0.0510. The highest BCUT2D eigenvalue weighted by atomic mass is 35.5. The van der Waals surface area contributed by atoms with Crippen LogP contribution in [-0.4, -0.2) is 26.1 Å². The Labute approximate surface area is 106 Å². The predicted molar refractivity (Wildman–Crippen MR) is 68.4 cm³/mol. The van der Waals surface area contributed by atoms with E-state index in [1.54, 1.807) is 19.2 Å². The molecule has 0 radical (unpaired) electrons. The summed E-state index contributed by atoms with van der Waals surface area (Å²) in [4.78, 5) is 11.3. The molecule has 17 heavy (non-hydrogen) atoms. The highest BCUT2D eigenvalue weighted by Crippen LogP contribution is 2.23. The molecule has 2 N–H and O–H groups in total. The smallest absolute Gasteiger partial charge is 0.234 e. The Morgan fingerprint density at radius 1 is 1.47 bits per heavy atom. The van der Waals surface area contributed by atoms with Crippen LogP contribution >= 0.6 is 11.6 Å². The first kappa shape index (κ1) is 13.8. The van der Waals surface area contributed by atoms with E-state index in [1.165, 1.54) is 0 Å². The molecule has 0 spiro atoms. The van der Waals surface area contributed by atoms with Gasteiger partial charge in [-0.15, -0.1) is 0 Å². The molecule has 0 aliphatic carbocycles. The average molecular weight is 257 g/mol. The number of benzene rings is 1. The van der Waals surface area contributed by atoms with Crippen LogP contribution in [0.2, 0.25) is 5.02 Å². The fourth-order valence-corrected chi connectivity index (χ4v) is 1.54. The van der Waals surface area contributed by atoms with Gasteiger partial charge >= 0.3 is 0 Å². The first-order valence-electron chi connectivity index (χ1n) is 5.50. The lowest BCUT2D eigenvalue weighted by atomic mass is 10.2. The second kappa shape index (κ2) is 7.14. The maximum absolute atomic E-state index is 11.3. The maximum atomic E-state index is 11.3. The van der Waals surface area contributed by atoms with Crippen molar-refractivity contribution in [2.24, 2.45) is 0 Å². The van der Waals surface area contributed by atoms with Crippen LogP contribution in [0.25, 0.3) is 0 Å². The largest absolute Gasteiger partial charge is 0.493 e. The molecule has 0 bridgehead atoms. The molecule has 0 fully saturated rings. The molecule has 1 aromatic rings.